The van der Waals surface area contributed by atoms with Crippen LogP contribution in [0.3, 0.4) is 0 Å². The summed E-state index contributed by atoms with van der Waals surface area (Å²) in [6.45, 7) is 8.73. The minimum absolute atomic E-state index is 0.238. The first-order chi connectivity index (χ1) is 13.6. The molecule has 0 atom stereocenters. The lowest BCUT2D eigenvalue weighted by Gasteiger charge is -2.24. The normalized spacial score (nSPS) is 10.2. The van der Waals surface area contributed by atoms with E-state index in [0.29, 0.717) is 26.2 Å². The lowest BCUT2D eigenvalue weighted by Crippen LogP contribution is -2.35. The Labute approximate surface area is 168 Å². The molecular formula is C20H34N4O4. The molecule has 0 spiro atoms. The highest BCUT2D eigenvalue weighted by atomic mass is 16.6. The van der Waals surface area contributed by atoms with E-state index in [0.717, 1.165) is 37.1 Å². The summed E-state index contributed by atoms with van der Waals surface area (Å²) in [6.07, 6.45) is 4.79. The number of aryl methyl sites for hydroxylation is 1. The summed E-state index contributed by atoms with van der Waals surface area (Å²) in [6, 6.07) is 3.83. The Morgan fingerprint density at radius 2 is 1.54 bits per heavy atom. The Balaban J connectivity index is 2.47. The van der Waals surface area contributed by atoms with Gasteiger partial charge in [0.2, 0.25) is 0 Å². The van der Waals surface area contributed by atoms with Crippen molar-refractivity contribution in [1.29, 1.82) is 0 Å². The molecule has 2 N–H and O–H groups in total. The molecule has 0 radical (unpaired) electrons. The van der Waals surface area contributed by atoms with Crippen molar-refractivity contribution in [3.05, 3.63) is 24.0 Å². The Kier molecular flexibility index (Phi) is 12.2. The minimum atomic E-state index is -0.411. The number of alkyl carbamates (subject to hydrolysis) is 2. The molecule has 0 fully saturated rings. The molecule has 0 unspecified atom stereocenters. The standard InChI is InChI=1S/C20H34N4O4/c1-4-6-9-22-19(25)27-14-12-24(18-8-11-21-17(3)16-18)13-15-28-20(26)23-10-7-5-2/h8,11,16H,4-7,9-10,12-15H2,1-3H3,(H,22,25)(H,23,26). The molecule has 8 heteroatoms. The fourth-order valence-corrected chi connectivity index (χ4v) is 2.43. The molecule has 0 aliphatic heterocycles. The lowest BCUT2D eigenvalue weighted by atomic mass is 10.3. The number of nitrogens with zero attached hydrogens (tertiary/aromatic N) is 2. The molecule has 158 valence electrons. The van der Waals surface area contributed by atoms with Gasteiger partial charge in [0.1, 0.15) is 13.2 Å². The highest BCUT2D eigenvalue weighted by Crippen LogP contribution is 2.14. The van der Waals surface area contributed by atoms with Gasteiger partial charge in [0, 0.05) is 30.7 Å². The van der Waals surface area contributed by atoms with Gasteiger partial charge in [-0.05, 0) is 31.9 Å². The number of carbonyl (C=O) groups is 2. The number of ether oxygens (including phenoxy) is 2. The van der Waals surface area contributed by atoms with Crippen LogP contribution in [-0.4, -0.2) is 56.6 Å². The van der Waals surface area contributed by atoms with Gasteiger partial charge in [-0.2, -0.15) is 0 Å². The van der Waals surface area contributed by atoms with Crippen molar-refractivity contribution >= 4 is 17.9 Å². The van der Waals surface area contributed by atoms with Crippen molar-refractivity contribution in [3.8, 4) is 0 Å². The van der Waals surface area contributed by atoms with Gasteiger partial charge in [0.25, 0.3) is 0 Å². The summed E-state index contributed by atoms with van der Waals surface area (Å²) in [5.41, 5.74) is 1.83. The van der Waals surface area contributed by atoms with Gasteiger partial charge in [-0.1, -0.05) is 26.7 Å². The molecular weight excluding hydrogens is 360 g/mol. The van der Waals surface area contributed by atoms with Crippen LogP contribution < -0.4 is 15.5 Å². The predicted octanol–water partition coefficient (Wildman–Crippen LogP) is 3.25. The van der Waals surface area contributed by atoms with Crippen LogP contribution in [0.15, 0.2) is 18.3 Å². The van der Waals surface area contributed by atoms with Crippen molar-refractivity contribution in [1.82, 2.24) is 15.6 Å². The number of amides is 2. The van der Waals surface area contributed by atoms with Crippen LogP contribution in [0.5, 0.6) is 0 Å². The van der Waals surface area contributed by atoms with E-state index in [9.17, 15) is 9.59 Å². The summed E-state index contributed by atoms with van der Waals surface area (Å²) in [4.78, 5) is 29.6. The average molecular weight is 395 g/mol. The second kappa shape index (κ2) is 14.5. The SMILES string of the molecule is CCCCNC(=O)OCCN(CCOC(=O)NCCCC)c1ccnc(C)c1. The van der Waals surface area contributed by atoms with Gasteiger partial charge in [-0.25, -0.2) is 9.59 Å². The Hall–Kier alpha value is -2.51. The van der Waals surface area contributed by atoms with Gasteiger partial charge in [0.05, 0.1) is 13.1 Å². The van der Waals surface area contributed by atoms with Crippen molar-refractivity contribution in [3.63, 3.8) is 0 Å². The first-order valence-corrected chi connectivity index (χ1v) is 10.1. The smallest absolute Gasteiger partial charge is 0.407 e. The van der Waals surface area contributed by atoms with E-state index in [2.05, 4.69) is 29.5 Å². The molecule has 1 aromatic rings. The zero-order valence-electron chi connectivity index (χ0n) is 17.3. The Bertz CT molecular complexity index is 555. The van der Waals surface area contributed by atoms with Crippen molar-refractivity contribution in [2.24, 2.45) is 0 Å². The van der Waals surface area contributed by atoms with Gasteiger partial charge in [0.15, 0.2) is 0 Å². The van der Waals surface area contributed by atoms with E-state index in [1.165, 1.54) is 0 Å². The molecule has 0 aliphatic rings. The lowest BCUT2D eigenvalue weighted by molar-refractivity contribution is 0.144. The van der Waals surface area contributed by atoms with Crippen molar-refractivity contribution in [2.45, 2.75) is 46.5 Å². The summed E-state index contributed by atoms with van der Waals surface area (Å²) < 4.78 is 10.5. The third kappa shape index (κ3) is 10.6. The van der Waals surface area contributed by atoms with E-state index in [1.54, 1.807) is 6.20 Å². The number of carbonyl (C=O) groups excluding carboxylic acids is 2. The first-order valence-electron chi connectivity index (χ1n) is 10.1. The largest absolute Gasteiger partial charge is 0.448 e. The van der Waals surface area contributed by atoms with Gasteiger partial charge >= 0.3 is 12.2 Å². The van der Waals surface area contributed by atoms with E-state index < -0.39 is 12.2 Å². The highest BCUT2D eigenvalue weighted by Gasteiger charge is 2.10. The molecule has 0 saturated carbocycles. The maximum absolute atomic E-state index is 11.7. The monoisotopic (exact) mass is 394 g/mol. The Morgan fingerprint density at radius 3 is 2.00 bits per heavy atom. The zero-order chi connectivity index (χ0) is 20.6. The number of unbranched alkanes of at least 4 members (excludes halogenated alkanes) is 2. The van der Waals surface area contributed by atoms with E-state index >= 15 is 0 Å². The Morgan fingerprint density at radius 1 is 1.00 bits per heavy atom. The topological polar surface area (TPSA) is 92.8 Å². The van der Waals surface area contributed by atoms with Crippen molar-refractivity contribution < 1.29 is 19.1 Å². The fourth-order valence-electron chi connectivity index (χ4n) is 2.43. The second-order valence-electron chi connectivity index (χ2n) is 6.47. The predicted molar refractivity (Wildman–Crippen MR) is 110 cm³/mol. The van der Waals surface area contributed by atoms with Gasteiger partial charge in [-0.15, -0.1) is 0 Å². The number of nitrogens with one attached hydrogen (secondary N) is 2. The van der Waals surface area contributed by atoms with E-state index in [-0.39, 0.29) is 13.2 Å². The number of aromatic nitrogens is 1. The van der Waals surface area contributed by atoms with E-state index in [4.69, 9.17) is 9.47 Å². The molecule has 28 heavy (non-hydrogen) atoms. The third-order valence-corrected chi connectivity index (χ3v) is 4.03. The van der Waals surface area contributed by atoms with Gasteiger partial charge in [-0.3, -0.25) is 4.98 Å². The molecule has 2 amide bonds. The van der Waals surface area contributed by atoms with E-state index in [1.807, 2.05) is 24.0 Å². The fraction of sp³-hybridized carbons (Fsp3) is 0.650. The average Bonchev–Trinajstić information content (AvgIpc) is 2.67. The van der Waals surface area contributed by atoms with Crippen LogP contribution in [0.2, 0.25) is 0 Å². The first kappa shape index (κ1) is 23.5. The summed E-state index contributed by atoms with van der Waals surface area (Å²) in [5, 5.41) is 5.44. The molecule has 0 saturated heterocycles. The number of hydrogen-bond donors (Lipinski definition) is 2. The molecule has 1 rings (SSSR count). The number of rotatable bonds is 13. The molecule has 0 bridgehead atoms. The van der Waals surface area contributed by atoms with Crippen LogP contribution in [0.25, 0.3) is 0 Å². The molecule has 1 heterocycles. The maximum Gasteiger partial charge on any atom is 0.407 e. The van der Waals surface area contributed by atoms with Crippen LogP contribution >= 0.6 is 0 Å². The number of pyridine rings is 1. The molecule has 0 aliphatic carbocycles. The molecule has 0 aromatic carbocycles. The van der Waals surface area contributed by atoms with Gasteiger partial charge < -0.3 is 25.0 Å². The number of anilines is 1. The van der Waals surface area contributed by atoms with Crippen LogP contribution in [0.1, 0.15) is 45.2 Å². The van der Waals surface area contributed by atoms with Crippen LogP contribution in [0.4, 0.5) is 15.3 Å². The molecule has 8 nitrogen and oxygen atoms in total. The number of hydrogen-bond acceptors (Lipinski definition) is 6. The maximum atomic E-state index is 11.7. The minimum Gasteiger partial charge on any atom is -0.448 e. The highest BCUT2D eigenvalue weighted by molar-refractivity contribution is 5.67. The van der Waals surface area contributed by atoms with Crippen molar-refractivity contribution in [2.75, 3.05) is 44.3 Å². The summed E-state index contributed by atoms with van der Waals surface area (Å²) in [7, 11) is 0. The summed E-state index contributed by atoms with van der Waals surface area (Å²) >= 11 is 0. The molecule has 1 aromatic heterocycles. The van der Waals surface area contributed by atoms with Crippen LogP contribution in [0, 0.1) is 6.92 Å². The summed E-state index contributed by atoms with van der Waals surface area (Å²) in [5.74, 6) is 0. The zero-order valence-corrected chi connectivity index (χ0v) is 17.3. The second-order valence-corrected chi connectivity index (χ2v) is 6.47. The third-order valence-electron chi connectivity index (χ3n) is 4.03. The quantitative estimate of drug-likeness (QED) is 0.499. The van der Waals surface area contributed by atoms with Crippen LogP contribution in [-0.2, 0) is 9.47 Å².